The summed E-state index contributed by atoms with van der Waals surface area (Å²) in [6.45, 7) is 2.69. The number of benzene rings is 2. The van der Waals surface area contributed by atoms with Crippen molar-refractivity contribution in [1.29, 1.82) is 0 Å². The van der Waals surface area contributed by atoms with Gasteiger partial charge in [0.05, 0.1) is 23.1 Å². The van der Waals surface area contributed by atoms with Crippen LogP contribution >= 0.6 is 11.8 Å². The first-order valence-electron chi connectivity index (χ1n) is 7.53. The van der Waals surface area contributed by atoms with Gasteiger partial charge < -0.3 is 9.72 Å². The molecule has 0 unspecified atom stereocenters. The molecule has 3 rings (SSSR count). The molecule has 0 spiro atoms. The number of aromatic nitrogens is 2. The highest BCUT2D eigenvalue weighted by molar-refractivity contribution is 7.98. The van der Waals surface area contributed by atoms with Crippen molar-refractivity contribution >= 4 is 22.7 Å². The lowest BCUT2D eigenvalue weighted by atomic mass is 10.1. The molecule has 2 aromatic carbocycles. The van der Waals surface area contributed by atoms with Crippen molar-refractivity contribution in [3.8, 4) is 17.1 Å². The molecular formula is C18H18N2O2S. The predicted molar refractivity (Wildman–Crippen MR) is 95.4 cm³/mol. The van der Waals surface area contributed by atoms with Crippen molar-refractivity contribution in [2.75, 3.05) is 12.9 Å². The maximum Gasteiger partial charge on any atom is 0.259 e. The molecule has 23 heavy (non-hydrogen) atoms. The zero-order chi connectivity index (χ0) is 16.2. The lowest BCUT2D eigenvalue weighted by Gasteiger charge is -2.10. The third kappa shape index (κ3) is 3.24. The van der Waals surface area contributed by atoms with E-state index in [-0.39, 0.29) is 5.56 Å². The first kappa shape index (κ1) is 15.6. The lowest BCUT2D eigenvalue weighted by molar-refractivity contribution is 0.318. The second-order valence-corrected chi connectivity index (χ2v) is 6.02. The highest BCUT2D eigenvalue weighted by Crippen LogP contribution is 2.28. The van der Waals surface area contributed by atoms with Crippen LogP contribution in [0.2, 0.25) is 0 Å². The summed E-state index contributed by atoms with van der Waals surface area (Å²) >= 11 is 1.63. The second kappa shape index (κ2) is 6.87. The third-order valence-corrected chi connectivity index (χ3v) is 4.24. The van der Waals surface area contributed by atoms with Crippen LogP contribution < -0.4 is 10.3 Å². The van der Waals surface area contributed by atoms with E-state index >= 15 is 0 Å². The van der Waals surface area contributed by atoms with Crippen LogP contribution in [0.25, 0.3) is 22.3 Å². The minimum absolute atomic E-state index is 0.136. The van der Waals surface area contributed by atoms with Crippen molar-refractivity contribution in [3.05, 3.63) is 52.8 Å². The molecule has 5 heteroatoms. The van der Waals surface area contributed by atoms with Crippen molar-refractivity contribution in [3.63, 3.8) is 0 Å². The number of nitrogens with one attached hydrogen (secondary N) is 1. The van der Waals surface area contributed by atoms with Gasteiger partial charge in [0.2, 0.25) is 0 Å². The number of para-hydroxylation sites is 1. The largest absolute Gasteiger partial charge is 0.493 e. The average Bonchev–Trinajstić information content (AvgIpc) is 2.59. The number of ether oxygens (including phenoxy) is 1. The van der Waals surface area contributed by atoms with E-state index in [4.69, 9.17) is 4.74 Å². The van der Waals surface area contributed by atoms with Gasteiger partial charge in [0.1, 0.15) is 11.6 Å². The third-order valence-electron chi connectivity index (χ3n) is 3.52. The molecule has 0 saturated heterocycles. The molecule has 118 valence electrons. The maximum atomic E-state index is 12.4. The van der Waals surface area contributed by atoms with E-state index in [0.29, 0.717) is 23.3 Å². The molecule has 1 aromatic heterocycles. The number of fused-ring (bicyclic) bond motifs is 1. The van der Waals surface area contributed by atoms with Gasteiger partial charge in [-0.1, -0.05) is 19.1 Å². The van der Waals surface area contributed by atoms with E-state index in [0.717, 1.165) is 22.6 Å². The summed E-state index contributed by atoms with van der Waals surface area (Å²) in [5, 5.41) is 0.596. The molecule has 0 fully saturated rings. The van der Waals surface area contributed by atoms with Crippen molar-refractivity contribution < 1.29 is 4.74 Å². The molecule has 0 aliphatic rings. The van der Waals surface area contributed by atoms with Gasteiger partial charge in [0.15, 0.2) is 0 Å². The Balaban J connectivity index is 2.15. The Morgan fingerprint density at radius 1 is 1.22 bits per heavy atom. The topological polar surface area (TPSA) is 55.0 Å². The molecule has 0 atom stereocenters. The smallest absolute Gasteiger partial charge is 0.259 e. The van der Waals surface area contributed by atoms with Crippen LogP contribution in [0, 0.1) is 0 Å². The number of nitrogens with zero attached hydrogens (tertiary/aromatic N) is 1. The Labute approximate surface area is 138 Å². The summed E-state index contributed by atoms with van der Waals surface area (Å²) in [4.78, 5) is 20.9. The molecule has 0 aliphatic carbocycles. The van der Waals surface area contributed by atoms with Gasteiger partial charge in [-0.05, 0) is 43.0 Å². The number of rotatable bonds is 5. The van der Waals surface area contributed by atoms with Crippen LogP contribution in [0.5, 0.6) is 5.75 Å². The number of hydrogen-bond donors (Lipinski definition) is 1. The summed E-state index contributed by atoms with van der Waals surface area (Å²) in [7, 11) is 0. The minimum atomic E-state index is -0.136. The second-order valence-electron chi connectivity index (χ2n) is 5.14. The van der Waals surface area contributed by atoms with Crippen molar-refractivity contribution in [2.24, 2.45) is 0 Å². The van der Waals surface area contributed by atoms with Gasteiger partial charge in [0.25, 0.3) is 5.56 Å². The fourth-order valence-electron chi connectivity index (χ4n) is 2.37. The van der Waals surface area contributed by atoms with Crippen LogP contribution in [0.3, 0.4) is 0 Å². The molecule has 0 bridgehead atoms. The first-order chi connectivity index (χ1) is 11.2. The van der Waals surface area contributed by atoms with Gasteiger partial charge in [-0.25, -0.2) is 4.98 Å². The van der Waals surface area contributed by atoms with Gasteiger partial charge in [-0.2, -0.15) is 0 Å². The van der Waals surface area contributed by atoms with Crippen LogP contribution in [0.4, 0.5) is 0 Å². The Morgan fingerprint density at radius 3 is 2.83 bits per heavy atom. The zero-order valence-electron chi connectivity index (χ0n) is 13.1. The molecule has 0 saturated carbocycles. The monoisotopic (exact) mass is 326 g/mol. The number of H-pyrrole nitrogens is 1. The molecule has 1 heterocycles. The Hall–Kier alpha value is -2.27. The zero-order valence-corrected chi connectivity index (χ0v) is 13.9. The molecular weight excluding hydrogens is 308 g/mol. The van der Waals surface area contributed by atoms with Crippen molar-refractivity contribution in [1.82, 2.24) is 9.97 Å². The Kier molecular flexibility index (Phi) is 4.67. The number of hydrogen-bond acceptors (Lipinski definition) is 4. The van der Waals surface area contributed by atoms with E-state index in [1.165, 1.54) is 0 Å². The lowest BCUT2D eigenvalue weighted by Crippen LogP contribution is -2.10. The summed E-state index contributed by atoms with van der Waals surface area (Å²) in [5.74, 6) is 1.27. The summed E-state index contributed by atoms with van der Waals surface area (Å²) in [5.41, 5.74) is 1.36. The van der Waals surface area contributed by atoms with Gasteiger partial charge in [-0.3, -0.25) is 4.79 Å². The molecule has 4 nitrogen and oxygen atoms in total. The summed E-state index contributed by atoms with van der Waals surface area (Å²) < 4.78 is 5.77. The number of aromatic amines is 1. The molecule has 1 N–H and O–H groups in total. The normalized spacial score (nSPS) is 10.9. The average molecular weight is 326 g/mol. The quantitative estimate of drug-likeness (QED) is 0.717. The van der Waals surface area contributed by atoms with E-state index in [9.17, 15) is 4.79 Å². The maximum absolute atomic E-state index is 12.4. The number of thioether (sulfide) groups is 1. The molecule has 0 aliphatic heterocycles. The minimum Gasteiger partial charge on any atom is -0.493 e. The van der Waals surface area contributed by atoms with Gasteiger partial charge >= 0.3 is 0 Å². The SMILES string of the molecule is CCCOc1ccccc1-c1nc2cc(SC)ccc2c(=O)[nH]1. The van der Waals surface area contributed by atoms with E-state index in [1.54, 1.807) is 11.8 Å². The summed E-state index contributed by atoms with van der Waals surface area (Å²) in [6.07, 6.45) is 2.93. The van der Waals surface area contributed by atoms with Crippen LogP contribution in [0.1, 0.15) is 13.3 Å². The van der Waals surface area contributed by atoms with Crippen LogP contribution in [-0.2, 0) is 0 Å². The van der Waals surface area contributed by atoms with Gasteiger partial charge in [0, 0.05) is 4.90 Å². The first-order valence-corrected chi connectivity index (χ1v) is 8.75. The Morgan fingerprint density at radius 2 is 2.04 bits per heavy atom. The van der Waals surface area contributed by atoms with E-state index in [1.807, 2.05) is 48.7 Å². The van der Waals surface area contributed by atoms with Crippen LogP contribution in [0.15, 0.2) is 52.2 Å². The summed E-state index contributed by atoms with van der Waals surface area (Å²) in [6, 6.07) is 13.3. The molecule has 3 aromatic rings. The van der Waals surface area contributed by atoms with E-state index < -0.39 is 0 Å². The molecule has 0 radical (unpaired) electrons. The molecule has 0 amide bonds. The van der Waals surface area contributed by atoms with Gasteiger partial charge in [-0.15, -0.1) is 11.8 Å². The highest BCUT2D eigenvalue weighted by atomic mass is 32.2. The fourth-order valence-corrected chi connectivity index (χ4v) is 2.81. The standard InChI is InChI=1S/C18H18N2O2S/c1-3-10-22-16-7-5-4-6-14(16)17-19-15-11-12(23-2)8-9-13(15)18(21)20-17/h4-9,11H,3,10H2,1-2H3,(H,19,20,21). The van der Waals surface area contributed by atoms with E-state index in [2.05, 4.69) is 16.9 Å². The van der Waals surface area contributed by atoms with Crippen LogP contribution in [-0.4, -0.2) is 22.8 Å². The Bertz CT molecular complexity index is 890. The highest BCUT2D eigenvalue weighted by Gasteiger charge is 2.11. The fraction of sp³-hybridized carbons (Fsp3) is 0.222. The van der Waals surface area contributed by atoms with Crippen molar-refractivity contribution in [2.45, 2.75) is 18.2 Å². The predicted octanol–water partition coefficient (Wildman–Crippen LogP) is 4.10.